The molecule has 32 heavy (non-hydrogen) atoms. The van der Waals surface area contributed by atoms with E-state index in [4.69, 9.17) is 0 Å². The second-order valence-electron chi connectivity index (χ2n) is 8.82. The SMILES string of the molecule is CCC(C)c1ccc(Nc2cccc3c(Nc4ccc(C(C)CC)cc4)cccc23)cc1. The summed E-state index contributed by atoms with van der Waals surface area (Å²) < 4.78 is 0. The van der Waals surface area contributed by atoms with Crippen LogP contribution in [0.1, 0.15) is 63.5 Å². The molecular weight excluding hydrogens is 388 g/mol. The summed E-state index contributed by atoms with van der Waals surface area (Å²) in [4.78, 5) is 0. The van der Waals surface area contributed by atoms with Gasteiger partial charge in [0.05, 0.1) is 0 Å². The third kappa shape index (κ3) is 4.80. The van der Waals surface area contributed by atoms with Crippen LogP contribution in [0.2, 0.25) is 0 Å². The van der Waals surface area contributed by atoms with Crippen molar-refractivity contribution in [2.75, 3.05) is 10.6 Å². The molecule has 4 aromatic carbocycles. The molecule has 0 aromatic heterocycles. The molecule has 0 aliphatic carbocycles. The van der Waals surface area contributed by atoms with E-state index in [2.05, 4.69) is 123 Å². The minimum Gasteiger partial charge on any atom is -0.355 e. The lowest BCUT2D eigenvalue weighted by Crippen LogP contribution is -1.96. The lowest BCUT2D eigenvalue weighted by Gasteiger charge is -2.15. The lowest BCUT2D eigenvalue weighted by molar-refractivity contribution is 0.734. The molecule has 0 bridgehead atoms. The molecule has 0 spiro atoms. The van der Waals surface area contributed by atoms with Crippen LogP contribution in [0.4, 0.5) is 22.7 Å². The summed E-state index contributed by atoms with van der Waals surface area (Å²) in [5.74, 6) is 1.18. The van der Waals surface area contributed by atoms with E-state index in [1.54, 1.807) is 0 Å². The third-order valence-corrected chi connectivity index (χ3v) is 6.66. The van der Waals surface area contributed by atoms with Gasteiger partial charge in [0.1, 0.15) is 0 Å². The first-order chi connectivity index (χ1) is 15.6. The van der Waals surface area contributed by atoms with E-state index in [0.29, 0.717) is 11.8 Å². The highest BCUT2D eigenvalue weighted by Gasteiger charge is 2.08. The Morgan fingerprint density at radius 2 is 0.906 bits per heavy atom. The Morgan fingerprint density at radius 3 is 1.25 bits per heavy atom. The van der Waals surface area contributed by atoms with Crippen LogP contribution < -0.4 is 10.6 Å². The van der Waals surface area contributed by atoms with Crippen molar-refractivity contribution >= 4 is 33.5 Å². The second kappa shape index (κ2) is 9.91. The Bertz CT molecular complexity index is 1070. The number of benzene rings is 4. The van der Waals surface area contributed by atoms with Crippen LogP contribution in [0.15, 0.2) is 84.9 Å². The Hall–Kier alpha value is -3.26. The van der Waals surface area contributed by atoms with E-state index in [1.807, 2.05) is 0 Å². The van der Waals surface area contributed by atoms with E-state index >= 15 is 0 Å². The summed E-state index contributed by atoms with van der Waals surface area (Å²) in [6.45, 7) is 9.02. The number of anilines is 4. The van der Waals surface area contributed by atoms with E-state index in [0.717, 1.165) is 35.6 Å². The predicted molar refractivity (Wildman–Crippen MR) is 141 cm³/mol. The van der Waals surface area contributed by atoms with Crippen molar-refractivity contribution in [1.82, 2.24) is 0 Å². The normalized spacial score (nSPS) is 13.0. The Balaban J connectivity index is 1.58. The topological polar surface area (TPSA) is 24.1 Å². The highest BCUT2D eigenvalue weighted by atomic mass is 14.9. The van der Waals surface area contributed by atoms with Crippen molar-refractivity contribution < 1.29 is 0 Å². The van der Waals surface area contributed by atoms with Crippen LogP contribution in [0, 0.1) is 0 Å². The zero-order valence-corrected chi connectivity index (χ0v) is 19.7. The fraction of sp³-hybridized carbons (Fsp3) is 0.267. The largest absolute Gasteiger partial charge is 0.355 e. The molecule has 2 heteroatoms. The molecule has 4 rings (SSSR count). The quantitative estimate of drug-likeness (QED) is 0.295. The number of hydrogen-bond donors (Lipinski definition) is 2. The van der Waals surface area contributed by atoms with Crippen molar-refractivity contribution in [3.05, 3.63) is 96.1 Å². The Kier molecular flexibility index (Phi) is 6.80. The molecule has 2 atom stereocenters. The average Bonchev–Trinajstić information content (AvgIpc) is 2.84. The molecule has 2 nitrogen and oxygen atoms in total. The highest BCUT2D eigenvalue weighted by Crippen LogP contribution is 2.33. The van der Waals surface area contributed by atoms with Crippen LogP contribution >= 0.6 is 0 Å². The van der Waals surface area contributed by atoms with Gasteiger partial charge in [-0.2, -0.15) is 0 Å². The first-order valence-corrected chi connectivity index (χ1v) is 11.8. The number of rotatable bonds is 8. The fourth-order valence-electron chi connectivity index (χ4n) is 4.10. The maximum Gasteiger partial charge on any atom is 0.0464 e. The second-order valence-corrected chi connectivity index (χ2v) is 8.82. The van der Waals surface area contributed by atoms with Crippen molar-refractivity contribution in [2.45, 2.75) is 52.4 Å². The summed E-state index contributed by atoms with van der Waals surface area (Å²) in [6, 6.07) is 30.6. The molecule has 2 unspecified atom stereocenters. The summed E-state index contributed by atoms with van der Waals surface area (Å²) in [7, 11) is 0. The molecular formula is C30H34N2. The Labute approximate surface area is 192 Å². The van der Waals surface area contributed by atoms with Gasteiger partial charge in [-0.25, -0.2) is 0 Å². The van der Waals surface area contributed by atoms with Gasteiger partial charge in [-0.05, 0) is 72.2 Å². The van der Waals surface area contributed by atoms with E-state index < -0.39 is 0 Å². The van der Waals surface area contributed by atoms with Crippen LogP contribution in [0.5, 0.6) is 0 Å². The van der Waals surface area contributed by atoms with Crippen LogP contribution in [0.3, 0.4) is 0 Å². The molecule has 0 saturated heterocycles. The zero-order valence-electron chi connectivity index (χ0n) is 19.7. The van der Waals surface area contributed by atoms with Gasteiger partial charge < -0.3 is 10.6 Å². The minimum atomic E-state index is 0.592. The van der Waals surface area contributed by atoms with Gasteiger partial charge in [0.2, 0.25) is 0 Å². The fourth-order valence-corrected chi connectivity index (χ4v) is 4.10. The molecule has 4 aromatic rings. The van der Waals surface area contributed by atoms with E-state index in [1.165, 1.54) is 21.9 Å². The molecule has 0 aliphatic heterocycles. The summed E-state index contributed by atoms with van der Waals surface area (Å²) in [5.41, 5.74) is 7.25. The first-order valence-electron chi connectivity index (χ1n) is 11.8. The lowest BCUT2D eigenvalue weighted by atomic mass is 9.98. The van der Waals surface area contributed by atoms with Crippen molar-refractivity contribution in [1.29, 1.82) is 0 Å². The maximum absolute atomic E-state index is 3.62. The summed E-state index contributed by atoms with van der Waals surface area (Å²) >= 11 is 0. The van der Waals surface area contributed by atoms with E-state index in [-0.39, 0.29) is 0 Å². The number of hydrogen-bond acceptors (Lipinski definition) is 2. The standard InChI is InChI=1S/C30H34N2/c1-5-21(3)23-13-17-25(18-14-23)31-29-11-7-10-28-27(29)9-8-12-30(28)32-26-19-15-24(16-20-26)22(4)6-2/h7-22,31-32H,5-6H2,1-4H3. The molecule has 164 valence electrons. The van der Waals surface area contributed by atoms with Crippen LogP contribution in [-0.2, 0) is 0 Å². The van der Waals surface area contributed by atoms with Crippen LogP contribution in [-0.4, -0.2) is 0 Å². The molecule has 0 amide bonds. The van der Waals surface area contributed by atoms with Gasteiger partial charge in [0.25, 0.3) is 0 Å². The Morgan fingerprint density at radius 1 is 0.531 bits per heavy atom. The van der Waals surface area contributed by atoms with Gasteiger partial charge in [0.15, 0.2) is 0 Å². The third-order valence-electron chi connectivity index (χ3n) is 6.66. The van der Waals surface area contributed by atoms with E-state index in [9.17, 15) is 0 Å². The molecule has 0 aliphatic rings. The summed E-state index contributed by atoms with van der Waals surface area (Å²) in [5, 5.41) is 9.66. The first kappa shape index (κ1) is 22.0. The maximum atomic E-state index is 3.62. The van der Waals surface area contributed by atoms with Crippen molar-refractivity contribution in [3.8, 4) is 0 Å². The molecule has 2 N–H and O–H groups in total. The molecule has 0 fully saturated rings. The summed E-state index contributed by atoms with van der Waals surface area (Å²) in [6.07, 6.45) is 2.32. The van der Waals surface area contributed by atoms with Crippen LogP contribution in [0.25, 0.3) is 10.8 Å². The zero-order chi connectivity index (χ0) is 22.5. The smallest absolute Gasteiger partial charge is 0.0464 e. The molecule has 0 heterocycles. The minimum absolute atomic E-state index is 0.592. The predicted octanol–water partition coefficient (Wildman–Crippen LogP) is 9.35. The van der Waals surface area contributed by atoms with Crippen molar-refractivity contribution in [2.24, 2.45) is 0 Å². The molecule has 0 radical (unpaired) electrons. The van der Waals surface area contributed by atoms with Gasteiger partial charge in [0, 0.05) is 33.5 Å². The molecule has 0 saturated carbocycles. The van der Waals surface area contributed by atoms with Gasteiger partial charge in [-0.3, -0.25) is 0 Å². The number of fused-ring (bicyclic) bond motifs is 1. The van der Waals surface area contributed by atoms with Gasteiger partial charge >= 0.3 is 0 Å². The number of nitrogens with one attached hydrogen (secondary N) is 2. The van der Waals surface area contributed by atoms with Gasteiger partial charge in [-0.15, -0.1) is 0 Å². The average molecular weight is 423 g/mol. The monoisotopic (exact) mass is 422 g/mol. The highest BCUT2D eigenvalue weighted by molar-refractivity contribution is 6.03. The van der Waals surface area contributed by atoms with Crippen molar-refractivity contribution in [3.63, 3.8) is 0 Å². The van der Waals surface area contributed by atoms with Gasteiger partial charge in [-0.1, -0.05) is 76.2 Å².